The molecule has 0 heterocycles. The fourth-order valence-electron chi connectivity index (χ4n) is 0.652. The molecular formula is C7H15BF3KNO2-. The summed E-state index contributed by atoms with van der Waals surface area (Å²) in [7, 11) is 0. The Hall–Kier alpha value is 0.761. The SMILES string of the molecule is CC(C)(C)OC(=O)NCC[B-](F)(F)F.[H-].[K+]. The predicted octanol–water partition coefficient (Wildman–Crippen LogP) is -0.525. The van der Waals surface area contributed by atoms with Crippen molar-refractivity contribution in [1.29, 1.82) is 0 Å². The summed E-state index contributed by atoms with van der Waals surface area (Å²) in [6, 6.07) is 0. The summed E-state index contributed by atoms with van der Waals surface area (Å²) in [4.78, 5) is 10.9. The molecule has 0 aromatic heterocycles. The molecule has 0 atom stereocenters. The standard InChI is InChI=1S/C7H14BF3NO2.K.H/c1-7(2,3)14-6(13)12-5-4-8(9,10)11;;/h4-5H2,1-3H3,(H,12,13);;/q-1;+1;-1. The number of ether oxygens (including phenoxy) is 1. The van der Waals surface area contributed by atoms with Crippen LogP contribution in [0.3, 0.4) is 0 Å². The minimum absolute atomic E-state index is 0. The first-order valence-corrected chi connectivity index (χ1v) is 4.28. The van der Waals surface area contributed by atoms with Crippen molar-refractivity contribution in [2.24, 2.45) is 0 Å². The number of rotatable bonds is 3. The zero-order chi connectivity index (χ0) is 11.4. The molecular weight excluding hydrogens is 237 g/mol. The van der Waals surface area contributed by atoms with Gasteiger partial charge in [0, 0.05) is 0 Å². The molecule has 0 saturated heterocycles. The zero-order valence-electron chi connectivity index (χ0n) is 10.4. The molecule has 15 heavy (non-hydrogen) atoms. The van der Waals surface area contributed by atoms with E-state index in [9.17, 15) is 17.7 Å². The minimum Gasteiger partial charge on any atom is -1.00 e. The van der Waals surface area contributed by atoms with Crippen LogP contribution in [0.1, 0.15) is 22.2 Å². The number of hydrogen-bond donors (Lipinski definition) is 1. The third kappa shape index (κ3) is 14.8. The third-order valence-electron chi connectivity index (χ3n) is 1.14. The average molecular weight is 252 g/mol. The van der Waals surface area contributed by atoms with Crippen molar-refractivity contribution >= 4 is 13.1 Å². The van der Waals surface area contributed by atoms with Gasteiger partial charge in [0.05, 0.1) is 0 Å². The van der Waals surface area contributed by atoms with Gasteiger partial charge in [-0.15, -0.1) is 0 Å². The number of amides is 1. The van der Waals surface area contributed by atoms with Crippen molar-refractivity contribution in [3.8, 4) is 0 Å². The minimum atomic E-state index is -4.84. The molecule has 0 aliphatic rings. The first-order chi connectivity index (χ1) is 6.10. The second-order valence-corrected chi connectivity index (χ2v) is 3.93. The number of halogens is 3. The maximum atomic E-state index is 11.7. The van der Waals surface area contributed by atoms with Crippen molar-refractivity contribution in [2.45, 2.75) is 32.7 Å². The monoisotopic (exact) mass is 252 g/mol. The van der Waals surface area contributed by atoms with Gasteiger partial charge in [-0.1, -0.05) is 6.32 Å². The van der Waals surface area contributed by atoms with Crippen LogP contribution in [0.15, 0.2) is 0 Å². The van der Waals surface area contributed by atoms with Crippen molar-refractivity contribution in [2.75, 3.05) is 6.54 Å². The van der Waals surface area contributed by atoms with Crippen LogP contribution >= 0.6 is 0 Å². The Bertz CT molecular complexity index is 211. The molecule has 0 bridgehead atoms. The molecule has 0 rings (SSSR count). The third-order valence-corrected chi connectivity index (χ3v) is 1.14. The number of alkyl carbamates (subject to hydrolysis) is 1. The quantitative estimate of drug-likeness (QED) is 0.686. The Morgan fingerprint density at radius 1 is 1.40 bits per heavy atom. The van der Waals surface area contributed by atoms with Gasteiger partial charge < -0.3 is 24.4 Å². The molecule has 0 aliphatic carbocycles. The van der Waals surface area contributed by atoms with Crippen LogP contribution in [-0.2, 0) is 4.74 Å². The van der Waals surface area contributed by atoms with Gasteiger partial charge in [0.1, 0.15) is 5.60 Å². The molecule has 86 valence electrons. The molecule has 1 N–H and O–H groups in total. The maximum absolute atomic E-state index is 11.7. The van der Waals surface area contributed by atoms with Gasteiger partial charge in [0.25, 0.3) is 0 Å². The Morgan fingerprint density at radius 3 is 2.20 bits per heavy atom. The van der Waals surface area contributed by atoms with Gasteiger partial charge in [0.2, 0.25) is 0 Å². The smallest absolute Gasteiger partial charge is 1.00 e. The van der Waals surface area contributed by atoms with Crippen LogP contribution in [0.4, 0.5) is 17.7 Å². The van der Waals surface area contributed by atoms with E-state index in [1.54, 1.807) is 20.8 Å². The molecule has 0 spiro atoms. The van der Waals surface area contributed by atoms with Gasteiger partial charge in [-0.05, 0) is 27.3 Å². The van der Waals surface area contributed by atoms with E-state index in [1.165, 1.54) is 0 Å². The summed E-state index contributed by atoms with van der Waals surface area (Å²) in [5.41, 5.74) is -0.687. The first-order valence-electron chi connectivity index (χ1n) is 4.28. The molecule has 0 radical (unpaired) electrons. The van der Waals surface area contributed by atoms with E-state index in [0.29, 0.717) is 0 Å². The second-order valence-electron chi connectivity index (χ2n) is 3.93. The molecule has 8 heteroatoms. The predicted molar refractivity (Wildman–Crippen MR) is 49.2 cm³/mol. The van der Waals surface area contributed by atoms with Gasteiger partial charge >= 0.3 is 64.5 Å². The normalized spacial score (nSPS) is 11.6. The molecule has 0 aromatic carbocycles. The fraction of sp³-hybridized carbons (Fsp3) is 0.857. The molecule has 0 unspecified atom stereocenters. The molecule has 0 fully saturated rings. The van der Waals surface area contributed by atoms with Crippen molar-refractivity contribution in [3.05, 3.63) is 0 Å². The van der Waals surface area contributed by atoms with Crippen LogP contribution in [-0.4, -0.2) is 25.2 Å². The van der Waals surface area contributed by atoms with Crippen LogP contribution in [0.5, 0.6) is 0 Å². The number of carbonyl (C=O) groups is 1. The molecule has 1 amide bonds. The Kier molecular flexibility index (Phi) is 8.65. The number of nitrogens with one attached hydrogen (secondary N) is 1. The van der Waals surface area contributed by atoms with E-state index in [4.69, 9.17) is 4.74 Å². The summed E-state index contributed by atoms with van der Waals surface area (Å²) in [5.74, 6) is 0. The average Bonchev–Trinajstić information content (AvgIpc) is 1.78. The van der Waals surface area contributed by atoms with Gasteiger partial charge in [0.15, 0.2) is 0 Å². The topological polar surface area (TPSA) is 38.3 Å². The zero-order valence-corrected chi connectivity index (χ0v) is 12.6. The first kappa shape index (κ1) is 18.1. The Morgan fingerprint density at radius 2 is 1.87 bits per heavy atom. The van der Waals surface area contributed by atoms with Gasteiger partial charge in [-0.25, -0.2) is 4.79 Å². The van der Waals surface area contributed by atoms with E-state index in [2.05, 4.69) is 0 Å². The maximum Gasteiger partial charge on any atom is 1.00 e. The molecule has 3 nitrogen and oxygen atoms in total. The fourth-order valence-corrected chi connectivity index (χ4v) is 0.652. The second kappa shape index (κ2) is 7.16. The van der Waals surface area contributed by atoms with Crippen LogP contribution < -0.4 is 56.7 Å². The van der Waals surface area contributed by atoms with Crippen molar-refractivity contribution < 1.29 is 75.3 Å². The molecule has 0 aliphatic heterocycles. The largest absolute Gasteiger partial charge is 1.00 e. The number of carbonyl (C=O) groups excluding carboxylic acids is 1. The Labute approximate surface area is 131 Å². The van der Waals surface area contributed by atoms with Crippen LogP contribution in [0.25, 0.3) is 0 Å². The summed E-state index contributed by atoms with van der Waals surface area (Å²) < 4.78 is 39.9. The van der Waals surface area contributed by atoms with Gasteiger partial charge in [-0.2, -0.15) is 0 Å². The van der Waals surface area contributed by atoms with Gasteiger partial charge in [-0.3, -0.25) is 0 Å². The Balaban J connectivity index is -0.000000845. The summed E-state index contributed by atoms with van der Waals surface area (Å²) in [5, 5.41) is 2.03. The van der Waals surface area contributed by atoms with E-state index in [0.717, 1.165) is 0 Å². The van der Waals surface area contributed by atoms with Crippen LogP contribution in [0.2, 0.25) is 6.32 Å². The summed E-state index contributed by atoms with van der Waals surface area (Å²) in [6.45, 7) is -0.354. The summed E-state index contributed by atoms with van der Waals surface area (Å²) >= 11 is 0. The van der Waals surface area contributed by atoms with Crippen molar-refractivity contribution in [1.82, 2.24) is 5.32 Å². The summed E-state index contributed by atoms with van der Waals surface area (Å²) in [6.07, 6.45) is -1.81. The molecule has 0 aromatic rings. The molecule has 0 saturated carbocycles. The van der Waals surface area contributed by atoms with E-state index in [1.807, 2.05) is 5.32 Å². The van der Waals surface area contributed by atoms with E-state index >= 15 is 0 Å². The van der Waals surface area contributed by atoms with E-state index in [-0.39, 0.29) is 52.8 Å². The number of hydrogen-bond acceptors (Lipinski definition) is 2. The van der Waals surface area contributed by atoms with Crippen LogP contribution in [0, 0.1) is 0 Å². The van der Waals surface area contributed by atoms with Crippen molar-refractivity contribution in [3.63, 3.8) is 0 Å². The van der Waals surface area contributed by atoms with E-state index < -0.39 is 31.5 Å².